The van der Waals surface area contributed by atoms with Crippen molar-refractivity contribution >= 4 is 23.5 Å². The number of aromatic nitrogens is 4. The fourth-order valence-corrected chi connectivity index (χ4v) is 3.02. The zero-order valence-electron chi connectivity index (χ0n) is 13.8. The molecule has 3 N–H and O–H groups in total. The van der Waals surface area contributed by atoms with Gasteiger partial charge >= 0.3 is 5.97 Å². The van der Waals surface area contributed by atoms with Crippen LogP contribution in [0.25, 0.3) is 5.69 Å². The molecule has 138 valence electrons. The van der Waals surface area contributed by atoms with Gasteiger partial charge in [0.05, 0.1) is 17.0 Å². The van der Waals surface area contributed by atoms with Crippen LogP contribution in [0.4, 0.5) is 0 Å². The Morgan fingerprint density at radius 3 is 2.22 bits per heavy atom. The highest BCUT2D eigenvalue weighted by Crippen LogP contribution is 2.21. The second-order valence-corrected chi connectivity index (χ2v) is 6.38. The maximum Gasteiger partial charge on any atom is 0.335 e. The average molecular weight is 386 g/mol. The number of carboxylic acids is 1. The summed E-state index contributed by atoms with van der Waals surface area (Å²) in [4.78, 5) is 23.1. The first-order chi connectivity index (χ1) is 13.0. The molecule has 0 aliphatic rings. The van der Waals surface area contributed by atoms with Gasteiger partial charge in [0, 0.05) is 11.1 Å². The molecule has 0 bridgehead atoms. The lowest BCUT2D eigenvalue weighted by atomic mass is 10.1. The number of tetrazole rings is 1. The van der Waals surface area contributed by atoms with Crippen LogP contribution >= 0.6 is 11.8 Å². The minimum absolute atomic E-state index is 0.0697. The van der Waals surface area contributed by atoms with Crippen molar-refractivity contribution in [2.45, 2.75) is 11.4 Å². The number of rotatable bonds is 7. The SMILES string of the molecule is O=C(O)c1ccc(C(=O)CSc2nnnn2-c2ccc(C(O)O)cc2)cc1. The van der Waals surface area contributed by atoms with Crippen LogP contribution in [0.5, 0.6) is 0 Å². The fourth-order valence-electron chi connectivity index (χ4n) is 2.23. The molecule has 1 aromatic heterocycles. The van der Waals surface area contributed by atoms with Gasteiger partial charge in [0.1, 0.15) is 0 Å². The molecule has 3 aromatic rings. The molecule has 2 aromatic carbocycles. The molecule has 0 amide bonds. The highest BCUT2D eigenvalue weighted by Gasteiger charge is 2.14. The first kappa shape index (κ1) is 18.7. The standard InChI is InChI=1S/C17H14N4O5S/c22-14(10-1-3-11(4-2-10)15(23)24)9-27-17-18-19-20-21(17)13-7-5-12(6-8-13)16(25)26/h1-8,16,25-26H,9H2,(H,23,24). The van der Waals surface area contributed by atoms with E-state index >= 15 is 0 Å². The largest absolute Gasteiger partial charge is 0.478 e. The number of carbonyl (C=O) groups is 2. The van der Waals surface area contributed by atoms with Crippen molar-refractivity contribution < 1.29 is 24.9 Å². The van der Waals surface area contributed by atoms with Crippen LogP contribution in [0.3, 0.4) is 0 Å². The maximum absolute atomic E-state index is 12.3. The summed E-state index contributed by atoms with van der Waals surface area (Å²) in [5.41, 5.74) is 1.44. The first-order valence-corrected chi connectivity index (χ1v) is 8.68. The molecule has 3 rings (SSSR count). The molecule has 0 aliphatic carbocycles. The number of aliphatic hydroxyl groups is 2. The van der Waals surface area contributed by atoms with Gasteiger partial charge < -0.3 is 15.3 Å². The van der Waals surface area contributed by atoms with E-state index in [0.29, 0.717) is 22.0 Å². The molecule has 1 heterocycles. The zero-order valence-corrected chi connectivity index (χ0v) is 14.6. The van der Waals surface area contributed by atoms with E-state index in [4.69, 9.17) is 15.3 Å². The Kier molecular flexibility index (Phi) is 5.60. The summed E-state index contributed by atoms with van der Waals surface area (Å²) in [6.45, 7) is 0. The van der Waals surface area contributed by atoms with Gasteiger partial charge in [-0.15, -0.1) is 5.10 Å². The summed E-state index contributed by atoms with van der Waals surface area (Å²) < 4.78 is 1.43. The number of carboxylic acid groups (broad SMARTS) is 1. The van der Waals surface area contributed by atoms with Gasteiger partial charge in [0.2, 0.25) is 5.16 Å². The Labute approximate surface area is 157 Å². The topological polar surface area (TPSA) is 138 Å². The van der Waals surface area contributed by atoms with Crippen molar-refractivity contribution in [3.8, 4) is 5.69 Å². The molecule has 0 atom stereocenters. The summed E-state index contributed by atoms with van der Waals surface area (Å²) in [7, 11) is 0. The number of Topliss-reactive ketones (excluding diaryl/α,β-unsaturated/α-hetero) is 1. The molecule has 0 fully saturated rings. The van der Waals surface area contributed by atoms with Crippen molar-refractivity contribution in [1.82, 2.24) is 20.2 Å². The third-order valence-electron chi connectivity index (χ3n) is 3.66. The second-order valence-electron chi connectivity index (χ2n) is 5.43. The van der Waals surface area contributed by atoms with E-state index in [1.54, 1.807) is 12.1 Å². The van der Waals surface area contributed by atoms with E-state index in [2.05, 4.69) is 15.5 Å². The van der Waals surface area contributed by atoms with E-state index in [-0.39, 0.29) is 17.1 Å². The van der Waals surface area contributed by atoms with Gasteiger partial charge in [-0.3, -0.25) is 4.79 Å². The Bertz CT molecular complexity index is 954. The fraction of sp³-hybridized carbons (Fsp3) is 0.118. The summed E-state index contributed by atoms with van der Waals surface area (Å²) >= 11 is 1.13. The summed E-state index contributed by atoms with van der Waals surface area (Å²) in [5, 5.41) is 38.9. The number of carbonyl (C=O) groups excluding carboxylic acids is 1. The lowest BCUT2D eigenvalue weighted by molar-refractivity contribution is -0.0424. The summed E-state index contributed by atoms with van der Waals surface area (Å²) in [6, 6.07) is 12.0. The van der Waals surface area contributed by atoms with E-state index in [1.165, 1.54) is 41.1 Å². The molecule has 10 heteroatoms. The smallest absolute Gasteiger partial charge is 0.335 e. The molecule has 0 unspecified atom stereocenters. The molecular formula is C17H14N4O5S. The van der Waals surface area contributed by atoms with E-state index in [9.17, 15) is 9.59 Å². The predicted octanol–water partition coefficient (Wildman–Crippen LogP) is 1.32. The molecule has 27 heavy (non-hydrogen) atoms. The van der Waals surface area contributed by atoms with Crippen LogP contribution in [-0.2, 0) is 0 Å². The third kappa shape index (κ3) is 4.37. The number of hydrogen-bond donors (Lipinski definition) is 3. The predicted molar refractivity (Wildman–Crippen MR) is 94.8 cm³/mol. The monoisotopic (exact) mass is 386 g/mol. The van der Waals surface area contributed by atoms with Crippen LogP contribution in [0, 0.1) is 0 Å². The normalized spacial score (nSPS) is 10.9. The van der Waals surface area contributed by atoms with Gasteiger partial charge in [0.15, 0.2) is 12.1 Å². The lowest BCUT2D eigenvalue weighted by Gasteiger charge is -2.07. The summed E-state index contributed by atoms with van der Waals surface area (Å²) in [5.74, 6) is -1.17. The number of nitrogens with zero attached hydrogens (tertiary/aromatic N) is 4. The quantitative estimate of drug-likeness (QED) is 0.312. The van der Waals surface area contributed by atoms with Gasteiger partial charge in [-0.1, -0.05) is 36.0 Å². The van der Waals surface area contributed by atoms with Gasteiger partial charge in [-0.25, -0.2) is 4.79 Å². The van der Waals surface area contributed by atoms with Gasteiger partial charge in [-0.2, -0.15) is 4.68 Å². The van der Waals surface area contributed by atoms with Crippen molar-refractivity contribution in [1.29, 1.82) is 0 Å². The van der Waals surface area contributed by atoms with Crippen molar-refractivity contribution in [3.05, 3.63) is 65.2 Å². The number of benzene rings is 2. The van der Waals surface area contributed by atoms with Gasteiger partial charge in [0.25, 0.3) is 0 Å². The van der Waals surface area contributed by atoms with Crippen molar-refractivity contribution in [2.24, 2.45) is 0 Å². The first-order valence-electron chi connectivity index (χ1n) is 7.70. The molecule has 0 radical (unpaired) electrons. The number of aliphatic hydroxyl groups excluding tert-OH is 1. The number of aromatic carboxylic acids is 1. The van der Waals surface area contributed by atoms with Crippen molar-refractivity contribution in [2.75, 3.05) is 5.75 Å². The van der Waals surface area contributed by atoms with Gasteiger partial charge in [-0.05, 0) is 34.7 Å². The van der Waals surface area contributed by atoms with E-state index in [0.717, 1.165) is 11.8 Å². The second kappa shape index (κ2) is 8.08. The van der Waals surface area contributed by atoms with Crippen LogP contribution in [0.1, 0.15) is 32.6 Å². The molecular weight excluding hydrogens is 372 g/mol. The Hall–Kier alpha value is -3.08. The van der Waals surface area contributed by atoms with E-state index < -0.39 is 12.3 Å². The van der Waals surface area contributed by atoms with Crippen molar-refractivity contribution in [3.63, 3.8) is 0 Å². The zero-order chi connectivity index (χ0) is 19.4. The van der Waals surface area contributed by atoms with Crippen LogP contribution in [0.15, 0.2) is 53.7 Å². The average Bonchev–Trinajstić information content (AvgIpc) is 3.14. The third-order valence-corrected chi connectivity index (χ3v) is 4.58. The molecule has 0 spiro atoms. The Morgan fingerprint density at radius 1 is 1.00 bits per heavy atom. The van der Waals surface area contributed by atoms with Crippen LogP contribution in [-0.4, -0.2) is 53.0 Å². The number of hydrogen-bond acceptors (Lipinski definition) is 8. The van der Waals surface area contributed by atoms with E-state index in [1.807, 2.05) is 0 Å². The summed E-state index contributed by atoms with van der Waals surface area (Å²) in [6.07, 6.45) is -1.56. The Balaban J connectivity index is 1.69. The van der Waals surface area contributed by atoms with Crippen LogP contribution in [0.2, 0.25) is 0 Å². The maximum atomic E-state index is 12.3. The highest BCUT2D eigenvalue weighted by molar-refractivity contribution is 7.99. The minimum atomic E-state index is -1.56. The molecule has 0 saturated carbocycles. The number of ketones is 1. The Morgan fingerprint density at radius 2 is 1.63 bits per heavy atom. The minimum Gasteiger partial charge on any atom is -0.478 e. The molecule has 0 aliphatic heterocycles. The van der Waals surface area contributed by atoms with Crippen LogP contribution < -0.4 is 0 Å². The molecule has 9 nitrogen and oxygen atoms in total. The highest BCUT2D eigenvalue weighted by atomic mass is 32.2. The number of thioether (sulfide) groups is 1. The lowest BCUT2D eigenvalue weighted by Crippen LogP contribution is -2.06. The molecule has 0 saturated heterocycles.